The van der Waals surface area contributed by atoms with Gasteiger partial charge in [0, 0.05) is 104 Å². The van der Waals surface area contributed by atoms with Crippen LogP contribution < -0.4 is 20.1 Å². The van der Waals surface area contributed by atoms with Crippen molar-refractivity contribution in [3.8, 4) is 34.0 Å². The Hall–Kier alpha value is -7.46. The molecule has 0 amide bonds. The largest absolute Gasteiger partial charge is 0.493 e. The Morgan fingerprint density at radius 2 is 1.32 bits per heavy atom. The van der Waals surface area contributed by atoms with Crippen molar-refractivity contribution >= 4 is 50.8 Å². The summed E-state index contributed by atoms with van der Waals surface area (Å²) in [5.74, 6) is 2.32. The number of nitrogens with one attached hydrogen (secondary N) is 3. The molecule has 2 atom stereocenters. The highest BCUT2D eigenvalue weighted by atomic mass is 79.9. The van der Waals surface area contributed by atoms with E-state index in [4.69, 9.17) is 32.1 Å². The molecular formula is C48H45BrF2N14O4. The van der Waals surface area contributed by atoms with Crippen LogP contribution in [0.15, 0.2) is 73.6 Å². The summed E-state index contributed by atoms with van der Waals surface area (Å²) in [6, 6.07) is 9.89. The Labute approximate surface area is 402 Å². The molecule has 18 nitrogen and oxygen atoms in total. The number of ether oxygens (including phenoxy) is 4. The highest BCUT2D eigenvalue weighted by Gasteiger charge is 2.24. The SMILES string of the molecule is BrCC1CCCO1.[C-]#[N+]c1cn2c(NCc3c(F)ccc4c3CCO4)ncc(-c3ccn(CC4CCCO4)n3)c2n1.[C-]#[N+]c1cn2c(NCc3c(F)ccc4c3CCO4)ncc(-c3ccn[nH]3)c2n1. The topological polar surface area (TPSA) is 177 Å². The molecule has 12 rings (SSSR count). The summed E-state index contributed by atoms with van der Waals surface area (Å²) in [4.78, 5) is 24.7. The number of rotatable bonds is 11. The molecule has 0 radical (unpaired) electrons. The van der Waals surface area contributed by atoms with Gasteiger partial charge in [-0.1, -0.05) is 39.0 Å². The van der Waals surface area contributed by atoms with Crippen molar-refractivity contribution in [1.29, 1.82) is 0 Å². The van der Waals surface area contributed by atoms with E-state index in [1.165, 1.54) is 25.0 Å². The lowest BCUT2D eigenvalue weighted by Gasteiger charge is -2.12. The highest BCUT2D eigenvalue weighted by Crippen LogP contribution is 2.34. The third-order valence-electron chi connectivity index (χ3n) is 12.2. The first kappa shape index (κ1) is 45.3. The van der Waals surface area contributed by atoms with Crippen LogP contribution in [0.25, 0.3) is 43.5 Å². The molecule has 0 bridgehead atoms. The Bertz CT molecular complexity index is 3200. The van der Waals surface area contributed by atoms with Crippen LogP contribution in [0.4, 0.5) is 32.3 Å². The minimum absolute atomic E-state index is 0.183. The van der Waals surface area contributed by atoms with Crippen molar-refractivity contribution in [2.24, 2.45) is 0 Å². The predicted molar refractivity (Wildman–Crippen MR) is 255 cm³/mol. The number of imidazole rings is 2. The number of nitrogens with zero attached hydrogens (tertiary/aromatic N) is 11. The number of hydrogen-bond acceptors (Lipinski definition) is 12. The number of alkyl halides is 1. The van der Waals surface area contributed by atoms with Gasteiger partial charge in [0.2, 0.25) is 23.2 Å². The molecule has 8 aromatic rings. The van der Waals surface area contributed by atoms with Crippen molar-refractivity contribution in [3.63, 3.8) is 0 Å². The molecule has 2 fully saturated rings. The van der Waals surface area contributed by atoms with Crippen molar-refractivity contribution in [1.82, 2.24) is 48.7 Å². The van der Waals surface area contributed by atoms with E-state index in [1.807, 2.05) is 16.9 Å². The zero-order valence-electron chi connectivity index (χ0n) is 37.2. The number of H-pyrrole nitrogens is 1. The molecule has 2 unspecified atom stereocenters. The van der Waals surface area contributed by atoms with Gasteiger partial charge in [0.15, 0.2) is 0 Å². The van der Waals surface area contributed by atoms with Crippen LogP contribution in [0, 0.1) is 24.8 Å². The van der Waals surface area contributed by atoms with Crippen LogP contribution in [-0.2, 0) is 41.9 Å². The Balaban J connectivity index is 0.000000142. The van der Waals surface area contributed by atoms with Crippen molar-refractivity contribution in [3.05, 3.63) is 130 Å². The lowest BCUT2D eigenvalue weighted by atomic mass is 10.0. The highest BCUT2D eigenvalue weighted by molar-refractivity contribution is 9.09. The van der Waals surface area contributed by atoms with Gasteiger partial charge in [-0.25, -0.2) is 18.7 Å². The summed E-state index contributed by atoms with van der Waals surface area (Å²) in [5, 5.41) is 18.9. The summed E-state index contributed by atoms with van der Waals surface area (Å²) in [6.45, 7) is 18.7. The molecule has 10 heterocycles. The van der Waals surface area contributed by atoms with Gasteiger partial charge in [0.1, 0.15) is 23.1 Å². The average Bonchev–Trinajstić information content (AvgIpc) is 4.23. The molecule has 3 N–H and O–H groups in total. The van der Waals surface area contributed by atoms with Crippen molar-refractivity contribution in [2.45, 2.75) is 70.4 Å². The van der Waals surface area contributed by atoms with Gasteiger partial charge >= 0.3 is 0 Å². The second-order valence-corrected chi connectivity index (χ2v) is 17.2. The molecule has 352 valence electrons. The lowest BCUT2D eigenvalue weighted by molar-refractivity contribution is 0.0940. The number of hydrogen-bond donors (Lipinski definition) is 3. The van der Waals surface area contributed by atoms with E-state index in [0.717, 1.165) is 65.3 Å². The summed E-state index contributed by atoms with van der Waals surface area (Å²) in [5.41, 5.74) is 6.91. The van der Waals surface area contributed by atoms with E-state index >= 15 is 0 Å². The smallest absolute Gasteiger partial charge is 0.288 e. The fourth-order valence-electron chi connectivity index (χ4n) is 8.79. The Morgan fingerprint density at radius 3 is 1.84 bits per heavy atom. The normalized spacial score (nSPS) is 16.7. The van der Waals surface area contributed by atoms with Gasteiger partial charge in [-0.05, 0) is 62.1 Å². The number of aromatic nitrogens is 10. The zero-order chi connectivity index (χ0) is 47.3. The first-order valence-electron chi connectivity index (χ1n) is 22.5. The molecule has 4 aliphatic heterocycles. The van der Waals surface area contributed by atoms with Gasteiger partial charge in [0.05, 0.1) is 54.5 Å². The van der Waals surface area contributed by atoms with E-state index in [1.54, 1.807) is 58.0 Å². The van der Waals surface area contributed by atoms with Gasteiger partial charge in [-0.3, -0.25) is 18.6 Å². The van der Waals surface area contributed by atoms with Gasteiger partial charge in [-0.2, -0.15) is 10.2 Å². The molecule has 0 saturated carbocycles. The molecule has 6 aromatic heterocycles. The van der Waals surface area contributed by atoms with Gasteiger partial charge < -0.3 is 39.3 Å². The summed E-state index contributed by atoms with van der Waals surface area (Å²) < 4.78 is 56.3. The molecule has 21 heteroatoms. The molecule has 0 aliphatic carbocycles. The molecule has 2 aromatic carbocycles. The first-order chi connectivity index (χ1) is 33.9. The number of anilines is 2. The fourth-order valence-corrected chi connectivity index (χ4v) is 9.30. The second kappa shape index (κ2) is 20.4. The molecule has 2 saturated heterocycles. The summed E-state index contributed by atoms with van der Waals surface area (Å²) in [6.07, 6.45) is 16.8. The van der Waals surface area contributed by atoms with E-state index in [-0.39, 0.29) is 42.5 Å². The number of halogens is 3. The Kier molecular flexibility index (Phi) is 13.4. The van der Waals surface area contributed by atoms with Gasteiger partial charge in [-0.15, -0.1) is 0 Å². The standard InChI is InChI=1S/C24H22FN7O2.C19H14FN7O.C5H9BrO/c1-26-22-14-32-23(29-22)18(20-6-8-31(30-20)13-15-3-2-9-33-15)12-28-24(32)27-11-17-16-7-10-34-21(16)5-4-19(17)25;1-21-17-10-27-18(25-17)13(15-4-6-24-26-15)9-23-19(27)22-8-12-11-5-7-28-16(11)3-2-14(12)20;6-4-5-2-1-3-7-5/h4-6,8,12,14-15H,2-3,7,9-11,13H2,(H,27,28);2-4,6,9-10H,5,7-8H2,(H,22,23)(H,24,26);5H,1-4H2. The minimum Gasteiger partial charge on any atom is -0.493 e. The molecule has 69 heavy (non-hydrogen) atoms. The maximum Gasteiger partial charge on any atom is 0.288 e. The number of benzene rings is 2. The lowest BCUT2D eigenvalue weighted by Crippen LogP contribution is -2.15. The third-order valence-corrected chi connectivity index (χ3v) is 13.0. The number of aromatic amines is 1. The average molecular weight is 1000 g/mol. The Morgan fingerprint density at radius 1 is 0.739 bits per heavy atom. The maximum absolute atomic E-state index is 14.6. The quantitative estimate of drug-likeness (QED) is 0.0830. The second-order valence-electron chi connectivity index (χ2n) is 16.5. The minimum atomic E-state index is -0.283. The van der Waals surface area contributed by atoms with Crippen LogP contribution in [0.3, 0.4) is 0 Å². The molecule has 0 spiro atoms. The first-order valence-corrected chi connectivity index (χ1v) is 23.7. The van der Waals surface area contributed by atoms with E-state index < -0.39 is 0 Å². The zero-order valence-corrected chi connectivity index (χ0v) is 38.8. The number of fused-ring (bicyclic) bond motifs is 4. The van der Waals surface area contributed by atoms with Gasteiger partial charge in [0.25, 0.3) is 11.6 Å². The fraction of sp³-hybridized carbons (Fsp3) is 0.333. The molecule has 4 aliphatic rings. The monoisotopic (exact) mass is 998 g/mol. The summed E-state index contributed by atoms with van der Waals surface area (Å²) >= 11 is 3.35. The van der Waals surface area contributed by atoms with E-state index in [0.29, 0.717) is 84.3 Å². The maximum atomic E-state index is 14.6. The van der Waals surface area contributed by atoms with Crippen LogP contribution >= 0.6 is 15.9 Å². The van der Waals surface area contributed by atoms with Crippen molar-refractivity contribution in [2.75, 3.05) is 42.4 Å². The van der Waals surface area contributed by atoms with Crippen LogP contribution in [0.2, 0.25) is 0 Å². The van der Waals surface area contributed by atoms with E-state index in [2.05, 4.69) is 71.5 Å². The molecular weight excluding hydrogens is 955 g/mol. The third kappa shape index (κ3) is 9.66. The van der Waals surface area contributed by atoms with E-state index in [9.17, 15) is 8.78 Å². The van der Waals surface area contributed by atoms with Crippen molar-refractivity contribution < 1.29 is 27.7 Å². The van der Waals surface area contributed by atoms with Crippen LogP contribution in [-0.4, -0.2) is 92.7 Å². The predicted octanol–water partition coefficient (Wildman–Crippen LogP) is 8.93. The van der Waals surface area contributed by atoms with Crippen LogP contribution in [0.5, 0.6) is 11.5 Å². The van der Waals surface area contributed by atoms with Crippen LogP contribution in [0.1, 0.15) is 47.9 Å². The summed E-state index contributed by atoms with van der Waals surface area (Å²) in [7, 11) is 0.